The van der Waals surface area contributed by atoms with Crippen LogP contribution >= 0.6 is 0 Å². The molecule has 9 rings (SSSR count). The lowest BCUT2D eigenvalue weighted by molar-refractivity contribution is 0.669. The minimum Gasteiger partial charge on any atom is -0.456 e. The molecule has 0 atom stereocenters. The Balaban J connectivity index is 1.18. The monoisotopic (exact) mass is 575 g/mol. The number of nitrogens with one attached hydrogen (secondary N) is 1. The van der Waals surface area contributed by atoms with E-state index in [1.807, 2.05) is 24.3 Å². The minimum absolute atomic E-state index is 0.386. The van der Waals surface area contributed by atoms with Crippen LogP contribution in [0.2, 0.25) is 0 Å². The molecule has 1 aromatic heterocycles. The zero-order chi connectivity index (χ0) is 29.8. The smallest absolute Gasteiger partial charge is 0.137 e. The zero-order valence-corrected chi connectivity index (χ0v) is 24.6. The Morgan fingerprint density at radius 1 is 0.444 bits per heavy atom. The molecule has 0 spiro atoms. The molecule has 0 aliphatic heterocycles. The second kappa shape index (κ2) is 10.1. The molecule has 0 bridgehead atoms. The van der Waals surface area contributed by atoms with Gasteiger partial charge in [0.1, 0.15) is 11.2 Å². The summed E-state index contributed by atoms with van der Waals surface area (Å²) >= 11 is 0. The normalized spacial score (nSPS) is 13.1. The van der Waals surface area contributed by atoms with E-state index in [0.717, 1.165) is 33.3 Å². The molecule has 1 heterocycles. The lowest BCUT2D eigenvalue weighted by atomic mass is 9.67. The summed E-state index contributed by atoms with van der Waals surface area (Å²) in [6.07, 6.45) is 0. The first-order valence-corrected chi connectivity index (χ1v) is 15.4. The van der Waals surface area contributed by atoms with Gasteiger partial charge in [0.05, 0.1) is 16.5 Å². The Bertz CT molecular complexity index is 2310. The van der Waals surface area contributed by atoms with Crippen LogP contribution in [0.5, 0.6) is 0 Å². The zero-order valence-electron chi connectivity index (χ0n) is 24.6. The number of anilines is 2. The van der Waals surface area contributed by atoms with E-state index >= 15 is 0 Å². The number of rotatable bonds is 5. The van der Waals surface area contributed by atoms with Crippen LogP contribution in [0.4, 0.5) is 11.4 Å². The largest absolute Gasteiger partial charge is 0.456 e. The standard InChI is InChI=1S/C43H29NO/c1-3-14-31(15-4-1)43(32-16-5-2-6-17-32)37-21-9-7-19-34(37)36-28-30(25-26-38(36)43)29-13-11-18-33(27-29)44-39-22-12-24-41-42(39)35-20-8-10-23-40(35)45-41/h1-28,44H. The highest BCUT2D eigenvalue weighted by Gasteiger charge is 2.45. The molecule has 0 amide bonds. The second-order valence-corrected chi connectivity index (χ2v) is 11.8. The van der Waals surface area contributed by atoms with Gasteiger partial charge in [0.15, 0.2) is 0 Å². The predicted molar refractivity (Wildman–Crippen MR) is 186 cm³/mol. The number of para-hydroxylation sites is 1. The Kier molecular flexibility index (Phi) is 5.76. The third-order valence-corrected chi connectivity index (χ3v) is 9.34. The van der Waals surface area contributed by atoms with Crippen molar-refractivity contribution in [2.75, 3.05) is 5.32 Å². The molecule has 212 valence electrons. The van der Waals surface area contributed by atoms with E-state index in [1.165, 1.54) is 44.5 Å². The maximum absolute atomic E-state index is 6.14. The minimum atomic E-state index is -0.386. The van der Waals surface area contributed by atoms with Gasteiger partial charge >= 0.3 is 0 Å². The number of hydrogen-bond acceptors (Lipinski definition) is 2. The van der Waals surface area contributed by atoms with Crippen LogP contribution in [-0.4, -0.2) is 0 Å². The van der Waals surface area contributed by atoms with Gasteiger partial charge < -0.3 is 9.73 Å². The molecule has 0 radical (unpaired) electrons. The van der Waals surface area contributed by atoms with Crippen LogP contribution in [-0.2, 0) is 5.41 Å². The second-order valence-electron chi connectivity index (χ2n) is 11.8. The van der Waals surface area contributed by atoms with Gasteiger partial charge in [-0.05, 0) is 80.9 Å². The molecule has 1 aliphatic rings. The summed E-state index contributed by atoms with van der Waals surface area (Å²) in [4.78, 5) is 0. The van der Waals surface area contributed by atoms with Crippen LogP contribution in [0, 0.1) is 0 Å². The van der Waals surface area contributed by atoms with Gasteiger partial charge in [-0.25, -0.2) is 0 Å². The number of fused-ring (bicyclic) bond motifs is 6. The average Bonchev–Trinajstić information content (AvgIpc) is 3.64. The molecule has 45 heavy (non-hydrogen) atoms. The molecule has 0 unspecified atom stereocenters. The van der Waals surface area contributed by atoms with Crippen LogP contribution in [0.25, 0.3) is 44.2 Å². The van der Waals surface area contributed by atoms with E-state index in [4.69, 9.17) is 4.42 Å². The van der Waals surface area contributed by atoms with E-state index < -0.39 is 0 Å². The molecule has 0 fully saturated rings. The quantitative estimate of drug-likeness (QED) is 0.221. The first-order valence-electron chi connectivity index (χ1n) is 15.4. The first-order chi connectivity index (χ1) is 22.3. The first kappa shape index (κ1) is 25.6. The van der Waals surface area contributed by atoms with Gasteiger partial charge in [0, 0.05) is 11.1 Å². The van der Waals surface area contributed by atoms with Crippen molar-refractivity contribution in [1.82, 2.24) is 0 Å². The van der Waals surface area contributed by atoms with Gasteiger partial charge in [-0.3, -0.25) is 0 Å². The molecule has 0 saturated carbocycles. The molecular formula is C43H29NO. The average molecular weight is 576 g/mol. The van der Waals surface area contributed by atoms with Gasteiger partial charge in [-0.1, -0.05) is 133 Å². The fourth-order valence-corrected chi connectivity index (χ4v) is 7.44. The van der Waals surface area contributed by atoms with Crippen LogP contribution in [0.15, 0.2) is 174 Å². The SMILES string of the molecule is c1ccc(C2(c3ccccc3)c3ccccc3-c3cc(-c4cccc(Nc5cccc6oc7ccccc7c56)c4)ccc32)cc1. The van der Waals surface area contributed by atoms with Gasteiger partial charge in [-0.15, -0.1) is 0 Å². The summed E-state index contributed by atoms with van der Waals surface area (Å²) in [5.74, 6) is 0. The number of furan rings is 1. The Morgan fingerprint density at radius 3 is 1.91 bits per heavy atom. The van der Waals surface area contributed by atoms with Crippen LogP contribution in [0.3, 0.4) is 0 Å². The predicted octanol–water partition coefficient (Wildman–Crippen LogP) is 11.4. The topological polar surface area (TPSA) is 25.2 Å². The molecule has 8 aromatic rings. The summed E-state index contributed by atoms with van der Waals surface area (Å²) < 4.78 is 6.14. The molecular weight excluding hydrogens is 546 g/mol. The van der Waals surface area contributed by atoms with Crippen molar-refractivity contribution >= 4 is 33.3 Å². The fraction of sp³-hybridized carbons (Fsp3) is 0.0233. The van der Waals surface area contributed by atoms with E-state index in [9.17, 15) is 0 Å². The molecule has 2 heteroatoms. The van der Waals surface area contributed by atoms with Crippen molar-refractivity contribution in [3.05, 3.63) is 192 Å². The molecule has 7 aromatic carbocycles. The van der Waals surface area contributed by atoms with E-state index in [-0.39, 0.29) is 5.41 Å². The van der Waals surface area contributed by atoms with Crippen LogP contribution in [0.1, 0.15) is 22.3 Å². The Morgan fingerprint density at radius 2 is 1.09 bits per heavy atom. The maximum atomic E-state index is 6.14. The van der Waals surface area contributed by atoms with Gasteiger partial charge in [0.2, 0.25) is 0 Å². The van der Waals surface area contributed by atoms with E-state index in [0.29, 0.717) is 0 Å². The fourth-order valence-electron chi connectivity index (χ4n) is 7.44. The van der Waals surface area contributed by atoms with E-state index in [1.54, 1.807) is 0 Å². The molecule has 0 saturated heterocycles. The third-order valence-electron chi connectivity index (χ3n) is 9.34. The van der Waals surface area contributed by atoms with Crippen molar-refractivity contribution < 1.29 is 4.42 Å². The molecule has 1 aliphatic carbocycles. The summed E-state index contributed by atoms with van der Waals surface area (Å²) in [5.41, 5.74) is 13.6. The van der Waals surface area contributed by atoms with Crippen molar-refractivity contribution in [2.45, 2.75) is 5.41 Å². The highest BCUT2D eigenvalue weighted by Crippen LogP contribution is 2.56. The summed E-state index contributed by atoms with van der Waals surface area (Å²) in [7, 11) is 0. The number of hydrogen-bond donors (Lipinski definition) is 1. The van der Waals surface area contributed by atoms with Crippen molar-refractivity contribution in [2.24, 2.45) is 0 Å². The van der Waals surface area contributed by atoms with Gasteiger partial charge in [-0.2, -0.15) is 0 Å². The molecule has 2 nitrogen and oxygen atoms in total. The highest BCUT2D eigenvalue weighted by molar-refractivity contribution is 6.12. The van der Waals surface area contributed by atoms with Crippen LogP contribution < -0.4 is 5.32 Å². The van der Waals surface area contributed by atoms with Crippen molar-refractivity contribution in [3.8, 4) is 22.3 Å². The Labute approximate surface area is 262 Å². The van der Waals surface area contributed by atoms with E-state index in [2.05, 4.69) is 151 Å². The summed E-state index contributed by atoms with van der Waals surface area (Å²) in [5, 5.41) is 5.92. The maximum Gasteiger partial charge on any atom is 0.137 e. The lowest BCUT2D eigenvalue weighted by Gasteiger charge is -2.33. The highest BCUT2D eigenvalue weighted by atomic mass is 16.3. The van der Waals surface area contributed by atoms with Crippen molar-refractivity contribution in [1.29, 1.82) is 0 Å². The molecule has 1 N–H and O–H groups in total. The summed E-state index contributed by atoms with van der Waals surface area (Å²) in [6, 6.07) is 60.9. The van der Waals surface area contributed by atoms with Crippen molar-refractivity contribution in [3.63, 3.8) is 0 Å². The lowest BCUT2D eigenvalue weighted by Crippen LogP contribution is -2.28. The summed E-state index contributed by atoms with van der Waals surface area (Å²) in [6.45, 7) is 0. The van der Waals surface area contributed by atoms with Gasteiger partial charge in [0.25, 0.3) is 0 Å². The third kappa shape index (κ3) is 3.89. The number of benzene rings is 7. The Hall–Kier alpha value is -5.86.